The molecule has 5 rings (SSSR count). The minimum atomic E-state index is -0.860. The zero-order chi connectivity index (χ0) is 34.7. The summed E-state index contributed by atoms with van der Waals surface area (Å²) in [6.07, 6.45) is 1.53. The van der Waals surface area contributed by atoms with E-state index in [9.17, 15) is 19.7 Å². The van der Waals surface area contributed by atoms with Gasteiger partial charge in [-0.3, -0.25) is 19.5 Å². The first kappa shape index (κ1) is 34.7. The molecule has 1 aromatic heterocycles. The normalized spacial score (nSPS) is 14.4. The van der Waals surface area contributed by atoms with Gasteiger partial charge in [-0.2, -0.15) is 0 Å². The number of non-ortho nitro benzene ring substituents is 1. The van der Waals surface area contributed by atoms with Gasteiger partial charge in [0.25, 0.3) is 11.2 Å². The number of hydrogen-bond acceptors (Lipinski definition) is 10. The molecule has 0 fully saturated rings. The Morgan fingerprint density at radius 3 is 2.50 bits per heavy atom. The minimum Gasteiger partial charge on any atom is -0.493 e. The van der Waals surface area contributed by atoms with E-state index in [1.807, 2.05) is 13.8 Å². The molecule has 1 aliphatic rings. The number of carbonyl (C=O) groups is 1. The molecule has 1 atom stereocenters. The first-order valence-electron chi connectivity index (χ1n) is 14.8. The van der Waals surface area contributed by atoms with Gasteiger partial charge in [0.1, 0.15) is 6.61 Å². The maximum Gasteiger partial charge on any atom is 0.338 e. The number of hydrogen-bond donors (Lipinski definition) is 0. The number of allylic oxidation sites excluding steroid dienone is 1. The van der Waals surface area contributed by atoms with Gasteiger partial charge in [0, 0.05) is 12.1 Å². The number of nitro benzene ring substituents is 1. The third-order valence-electron chi connectivity index (χ3n) is 7.21. The Kier molecular flexibility index (Phi) is 10.6. The predicted molar refractivity (Wildman–Crippen MR) is 183 cm³/mol. The Hall–Kier alpha value is -4.65. The summed E-state index contributed by atoms with van der Waals surface area (Å²) in [6, 6.07) is 13.6. The van der Waals surface area contributed by atoms with Gasteiger partial charge in [0.15, 0.2) is 22.0 Å². The lowest BCUT2D eigenvalue weighted by atomic mass is 9.95. The van der Waals surface area contributed by atoms with Crippen molar-refractivity contribution in [2.45, 2.75) is 46.4 Å². The van der Waals surface area contributed by atoms with E-state index in [1.54, 1.807) is 62.4 Å². The average Bonchev–Trinajstić information content (AvgIpc) is 3.33. The quantitative estimate of drug-likeness (QED) is 0.0994. The van der Waals surface area contributed by atoms with Crippen molar-refractivity contribution >= 4 is 52.3 Å². The Labute approximate surface area is 289 Å². The van der Waals surface area contributed by atoms with Crippen molar-refractivity contribution in [1.29, 1.82) is 0 Å². The standard InChI is InChI=1S/C34H31Cl2N3O8S/c1-6-45-33(41)29-19(4)37-34-38(30(29)22-10-11-26(47-18(2)3)27(16-22)44-5)32(40)28(48-34)15-21-13-24(35)31(25(36)14-21)46-17-20-8-7-9-23(12-20)39(42)43/h7-16,18,30H,6,17H2,1-5H3/b28-15-/t30-/m0/s1. The molecule has 11 nitrogen and oxygen atoms in total. The number of esters is 1. The smallest absolute Gasteiger partial charge is 0.338 e. The molecular weight excluding hydrogens is 681 g/mol. The molecule has 0 radical (unpaired) electrons. The van der Waals surface area contributed by atoms with E-state index in [4.69, 9.17) is 42.1 Å². The number of fused-ring (bicyclic) bond motifs is 1. The van der Waals surface area contributed by atoms with Crippen LogP contribution in [0, 0.1) is 10.1 Å². The van der Waals surface area contributed by atoms with Gasteiger partial charge in [0.05, 0.1) is 56.6 Å². The van der Waals surface area contributed by atoms with Gasteiger partial charge in [0.2, 0.25) is 0 Å². The Morgan fingerprint density at radius 1 is 1.12 bits per heavy atom. The van der Waals surface area contributed by atoms with E-state index in [0.29, 0.717) is 43.2 Å². The SMILES string of the molecule is CCOC(=O)C1=C(C)N=c2s/c(=C\c3cc(Cl)c(OCc4cccc([N+](=O)[O-])c4)c(Cl)c3)c(=O)n2[C@H]1c1ccc(OC(C)C)c(OC)c1. The molecule has 1 aliphatic heterocycles. The molecule has 0 unspecified atom stereocenters. The summed E-state index contributed by atoms with van der Waals surface area (Å²) in [5, 5.41) is 11.5. The third-order valence-corrected chi connectivity index (χ3v) is 8.75. The maximum atomic E-state index is 14.1. The van der Waals surface area contributed by atoms with E-state index < -0.39 is 22.5 Å². The molecule has 48 heavy (non-hydrogen) atoms. The molecule has 3 aromatic carbocycles. The predicted octanol–water partition coefficient (Wildman–Crippen LogP) is 6.39. The van der Waals surface area contributed by atoms with Crippen LogP contribution < -0.4 is 29.1 Å². The van der Waals surface area contributed by atoms with Crippen LogP contribution in [0.2, 0.25) is 10.0 Å². The summed E-state index contributed by atoms with van der Waals surface area (Å²) in [6.45, 7) is 7.35. The van der Waals surface area contributed by atoms with E-state index in [1.165, 1.54) is 23.8 Å². The van der Waals surface area contributed by atoms with Crippen molar-refractivity contribution in [3.63, 3.8) is 0 Å². The second-order valence-corrected chi connectivity index (χ2v) is 12.7. The molecule has 0 aliphatic carbocycles. The van der Waals surface area contributed by atoms with Crippen LogP contribution in [0.1, 0.15) is 50.4 Å². The van der Waals surface area contributed by atoms with Crippen LogP contribution in [0.4, 0.5) is 5.69 Å². The van der Waals surface area contributed by atoms with Gasteiger partial charge in [-0.05, 0) is 74.7 Å². The number of carbonyl (C=O) groups excluding carboxylic acids is 1. The molecule has 14 heteroatoms. The van der Waals surface area contributed by atoms with E-state index in [0.717, 1.165) is 11.3 Å². The molecule has 0 amide bonds. The van der Waals surface area contributed by atoms with Gasteiger partial charge in [-0.25, -0.2) is 9.79 Å². The molecule has 250 valence electrons. The number of methoxy groups -OCH3 is 1. The van der Waals surface area contributed by atoms with E-state index in [2.05, 4.69) is 4.99 Å². The topological polar surface area (TPSA) is 131 Å². The lowest BCUT2D eigenvalue weighted by Crippen LogP contribution is -2.40. The van der Waals surface area contributed by atoms with Crippen LogP contribution in [-0.4, -0.2) is 35.3 Å². The molecular formula is C34H31Cl2N3O8S. The Morgan fingerprint density at radius 2 is 1.85 bits per heavy atom. The number of rotatable bonds is 11. The maximum absolute atomic E-state index is 14.1. The van der Waals surface area contributed by atoms with Crippen LogP contribution in [0.3, 0.4) is 0 Å². The highest BCUT2D eigenvalue weighted by Crippen LogP contribution is 2.37. The molecule has 0 spiro atoms. The summed E-state index contributed by atoms with van der Waals surface area (Å²) in [5.74, 6) is 0.572. The summed E-state index contributed by atoms with van der Waals surface area (Å²) in [4.78, 5) is 43.0. The largest absolute Gasteiger partial charge is 0.493 e. The van der Waals surface area contributed by atoms with Gasteiger partial charge in [-0.1, -0.05) is 52.7 Å². The minimum absolute atomic E-state index is 0.00340. The number of thiazole rings is 1. The highest BCUT2D eigenvalue weighted by molar-refractivity contribution is 7.07. The first-order valence-corrected chi connectivity index (χ1v) is 16.4. The van der Waals surface area contributed by atoms with Crippen LogP contribution in [0.5, 0.6) is 17.2 Å². The van der Waals surface area contributed by atoms with Gasteiger partial charge in [-0.15, -0.1) is 0 Å². The zero-order valence-electron chi connectivity index (χ0n) is 26.6. The molecule has 0 N–H and O–H groups in total. The fourth-order valence-electron chi connectivity index (χ4n) is 5.18. The molecule has 0 bridgehead atoms. The van der Waals surface area contributed by atoms with Crippen molar-refractivity contribution in [2.75, 3.05) is 13.7 Å². The second-order valence-electron chi connectivity index (χ2n) is 10.9. The highest BCUT2D eigenvalue weighted by Gasteiger charge is 2.34. The van der Waals surface area contributed by atoms with Crippen molar-refractivity contribution in [3.8, 4) is 17.2 Å². The number of ether oxygens (including phenoxy) is 4. The van der Waals surface area contributed by atoms with Crippen LogP contribution in [0.15, 0.2) is 75.7 Å². The van der Waals surface area contributed by atoms with E-state index in [-0.39, 0.29) is 46.4 Å². The lowest BCUT2D eigenvalue weighted by Gasteiger charge is -2.25. The fourth-order valence-corrected chi connectivity index (χ4v) is 6.84. The van der Waals surface area contributed by atoms with Crippen molar-refractivity contribution in [3.05, 3.63) is 122 Å². The lowest BCUT2D eigenvalue weighted by molar-refractivity contribution is -0.384. The van der Waals surface area contributed by atoms with Crippen LogP contribution in [-0.2, 0) is 16.1 Å². The third kappa shape index (κ3) is 7.25. The fraction of sp³-hybridized carbons (Fsp3) is 0.265. The van der Waals surface area contributed by atoms with Crippen molar-refractivity contribution < 1.29 is 28.7 Å². The second kappa shape index (κ2) is 14.6. The van der Waals surface area contributed by atoms with Crippen molar-refractivity contribution in [1.82, 2.24) is 4.57 Å². The molecule has 0 saturated heterocycles. The average molecular weight is 713 g/mol. The summed E-state index contributed by atoms with van der Waals surface area (Å²) in [7, 11) is 1.52. The Bertz CT molecular complexity index is 2100. The van der Waals surface area contributed by atoms with Gasteiger partial charge < -0.3 is 18.9 Å². The number of nitro groups is 1. The molecule has 2 heterocycles. The number of nitrogens with zero attached hydrogens (tertiary/aromatic N) is 3. The first-order chi connectivity index (χ1) is 22.9. The van der Waals surface area contributed by atoms with E-state index >= 15 is 0 Å². The summed E-state index contributed by atoms with van der Waals surface area (Å²) in [5.41, 5.74) is 1.88. The van der Waals surface area contributed by atoms with Crippen LogP contribution >= 0.6 is 34.5 Å². The summed E-state index contributed by atoms with van der Waals surface area (Å²) < 4.78 is 24.5. The number of aromatic nitrogens is 1. The number of benzene rings is 3. The zero-order valence-corrected chi connectivity index (χ0v) is 28.9. The Balaban J connectivity index is 1.55. The molecule has 4 aromatic rings. The highest BCUT2D eigenvalue weighted by atomic mass is 35.5. The van der Waals surface area contributed by atoms with Gasteiger partial charge >= 0.3 is 5.97 Å². The monoisotopic (exact) mass is 711 g/mol. The van der Waals surface area contributed by atoms with Crippen LogP contribution in [0.25, 0.3) is 6.08 Å². The summed E-state index contributed by atoms with van der Waals surface area (Å²) >= 11 is 14.3. The number of halogens is 2. The molecule has 0 saturated carbocycles. The van der Waals surface area contributed by atoms with Crippen molar-refractivity contribution in [2.24, 2.45) is 4.99 Å².